The monoisotopic (exact) mass is 213 g/mol. The molecule has 1 N–H and O–H groups in total. The molecule has 2 rings (SSSR count). The van der Waals surface area contributed by atoms with Gasteiger partial charge in [0.2, 0.25) is 0 Å². The lowest BCUT2D eigenvalue weighted by molar-refractivity contribution is 0.232. The molecule has 0 aliphatic rings. The molecule has 2 heteroatoms. The van der Waals surface area contributed by atoms with Crippen LogP contribution in [0.15, 0.2) is 42.0 Å². The second-order valence-corrected chi connectivity index (χ2v) is 3.99. The van der Waals surface area contributed by atoms with E-state index < -0.39 is 6.10 Å². The predicted molar refractivity (Wildman–Crippen MR) is 67.1 cm³/mol. The molecular weight excluding hydrogens is 198 g/mol. The molecule has 0 bridgehead atoms. The number of aliphatic hydroxyl groups is 1. The fourth-order valence-corrected chi connectivity index (χ4v) is 1.52. The normalized spacial score (nSPS) is 14.1. The summed E-state index contributed by atoms with van der Waals surface area (Å²) in [5.74, 6) is 0. The zero-order valence-corrected chi connectivity index (χ0v) is 9.51. The van der Waals surface area contributed by atoms with E-state index in [0.29, 0.717) is 0 Å². The van der Waals surface area contributed by atoms with E-state index in [9.17, 15) is 5.11 Å². The molecular formula is C14H15NO. The van der Waals surface area contributed by atoms with Gasteiger partial charge in [-0.25, -0.2) is 4.98 Å². The molecule has 1 heterocycles. The molecule has 1 aromatic heterocycles. The number of para-hydroxylation sites is 1. The number of aliphatic hydroxyl groups excluding tert-OH is 1. The van der Waals surface area contributed by atoms with Crippen molar-refractivity contribution in [1.82, 2.24) is 4.98 Å². The van der Waals surface area contributed by atoms with Crippen molar-refractivity contribution in [3.8, 4) is 0 Å². The van der Waals surface area contributed by atoms with Crippen LogP contribution in [0.25, 0.3) is 17.0 Å². The van der Waals surface area contributed by atoms with E-state index in [2.05, 4.69) is 4.98 Å². The number of hydrogen-bond acceptors (Lipinski definition) is 2. The van der Waals surface area contributed by atoms with Gasteiger partial charge in [0.1, 0.15) is 0 Å². The third-order valence-corrected chi connectivity index (χ3v) is 2.65. The van der Waals surface area contributed by atoms with Crippen molar-refractivity contribution in [3.63, 3.8) is 0 Å². The summed E-state index contributed by atoms with van der Waals surface area (Å²) >= 11 is 0. The Morgan fingerprint density at radius 1 is 1.25 bits per heavy atom. The van der Waals surface area contributed by atoms with E-state index in [4.69, 9.17) is 0 Å². The lowest BCUT2D eigenvalue weighted by Crippen LogP contribution is -2.00. The van der Waals surface area contributed by atoms with Gasteiger partial charge in [0.15, 0.2) is 0 Å². The minimum Gasteiger partial charge on any atom is -0.389 e. The van der Waals surface area contributed by atoms with Crippen LogP contribution in [0.2, 0.25) is 0 Å². The van der Waals surface area contributed by atoms with Gasteiger partial charge in [-0.2, -0.15) is 0 Å². The van der Waals surface area contributed by atoms with Gasteiger partial charge in [0, 0.05) is 5.39 Å². The number of benzene rings is 1. The maximum atomic E-state index is 9.40. The number of aromatic nitrogens is 1. The van der Waals surface area contributed by atoms with Crippen LogP contribution in [-0.2, 0) is 0 Å². The van der Waals surface area contributed by atoms with Gasteiger partial charge in [-0.1, -0.05) is 24.3 Å². The second-order valence-electron chi connectivity index (χ2n) is 3.99. The van der Waals surface area contributed by atoms with Gasteiger partial charge in [-0.15, -0.1) is 0 Å². The second kappa shape index (κ2) is 4.45. The number of hydrogen-bond donors (Lipinski definition) is 1. The first kappa shape index (κ1) is 10.8. The van der Waals surface area contributed by atoms with Crippen LogP contribution in [0.5, 0.6) is 0 Å². The van der Waals surface area contributed by atoms with E-state index in [1.165, 1.54) is 0 Å². The summed E-state index contributed by atoms with van der Waals surface area (Å²) in [4.78, 5) is 4.51. The van der Waals surface area contributed by atoms with E-state index in [-0.39, 0.29) is 0 Å². The van der Waals surface area contributed by atoms with Gasteiger partial charge < -0.3 is 5.11 Å². The van der Waals surface area contributed by atoms with Crippen molar-refractivity contribution in [3.05, 3.63) is 47.7 Å². The van der Waals surface area contributed by atoms with Crippen molar-refractivity contribution >= 4 is 17.0 Å². The van der Waals surface area contributed by atoms with Gasteiger partial charge >= 0.3 is 0 Å². The Morgan fingerprint density at radius 2 is 2.00 bits per heavy atom. The SMILES string of the molecule is C/C(=C\c1ccc2ccccc2n1)C(C)O. The molecule has 0 aliphatic heterocycles. The third-order valence-electron chi connectivity index (χ3n) is 2.65. The van der Waals surface area contributed by atoms with Crippen LogP contribution >= 0.6 is 0 Å². The highest BCUT2D eigenvalue weighted by molar-refractivity contribution is 5.79. The van der Waals surface area contributed by atoms with E-state index in [0.717, 1.165) is 22.2 Å². The summed E-state index contributed by atoms with van der Waals surface area (Å²) in [7, 11) is 0. The van der Waals surface area contributed by atoms with Crippen LogP contribution in [0, 0.1) is 0 Å². The number of pyridine rings is 1. The molecule has 2 nitrogen and oxygen atoms in total. The van der Waals surface area contributed by atoms with Crippen molar-refractivity contribution < 1.29 is 5.11 Å². The first-order valence-corrected chi connectivity index (χ1v) is 5.39. The number of rotatable bonds is 2. The summed E-state index contributed by atoms with van der Waals surface area (Å²) in [5.41, 5.74) is 2.79. The fourth-order valence-electron chi connectivity index (χ4n) is 1.52. The Kier molecular flexibility index (Phi) is 3.02. The number of fused-ring (bicyclic) bond motifs is 1. The Bertz CT molecular complexity index is 529. The van der Waals surface area contributed by atoms with E-state index in [1.54, 1.807) is 6.92 Å². The maximum Gasteiger partial charge on any atom is 0.0723 e. The molecule has 1 aromatic carbocycles. The van der Waals surface area contributed by atoms with Gasteiger partial charge in [0.25, 0.3) is 0 Å². The molecule has 0 amide bonds. The third kappa shape index (κ3) is 2.28. The van der Waals surface area contributed by atoms with Gasteiger partial charge in [-0.3, -0.25) is 0 Å². The summed E-state index contributed by atoms with van der Waals surface area (Å²) in [5, 5.41) is 10.5. The first-order valence-electron chi connectivity index (χ1n) is 5.39. The number of nitrogens with zero attached hydrogens (tertiary/aromatic N) is 1. The van der Waals surface area contributed by atoms with Crippen molar-refractivity contribution in [2.75, 3.05) is 0 Å². The highest BCUT2D eigenvalue weighted by Crippen LogP contribution is 2.14. The Morgan fingerprint density at radius 3 is 2.75 bits per heavy atom. The highest BCUT2D eigenvalue weighted by Gasteiger charge is 2.00. The summed E-state index contributed by atoms with van der Waals surface area (Å²) < 4.78 is 0. The lowest BCUT2D eigenvalue weighted by Gasteiger charge is -2.04. The van der Waals surface area contributed by atoms with Gasteiger partial charge in [0.05, 0.1) is 17.3 Å². The molecule has 82 valence electrons. The highest BCUT2D eigenvalue weighted by atomic mass is 16.3. The minimum absolute atomic E-state index is 0.423. The standard InChI is InChI=1S/C14H15NO/c1-10(11(2)16)9-13-8-7-12-5-3-4-6-14(12)15-13/h3-9,11,16H,1-2H3/b10-9+. The zero-order valence-electron chi connectivity index (χ0n) is 9.51. The molecule has 2 aromatic rings. The Hall–Kier alpha value is -1.67. The topological polar surface area (TPSA) is 33.1 Å². The van der Waals surface area contributed by atoms with Crippen LogP contribution in [0.4, 0.5) is 0 Å². The molecule has 0 saturated heterocycles. The van der Waals surface area contributed by atoms with E-state index >= 15 is 0 Å². The smallest absolute Gasteiger partial charge is 0.0723 e. The Labute approximate surface area is 95.3 Å². The maximum absolute atomic E-state index is 9.40. The van der Waals surface area contributed by atoms with Crippen LogP contribution in [0.3, 0.4) is 0 Å². The molecule has 0 saturated carbocycles. The average Bonchev–Trinajstić information content (AvgIpc) is 2.28. The predicted octanol–water partition coefficient (Wildman–Crippen LogP) is 3.02. The van der Waals surface area contributed by atoms with Crippen molar-refractivity contribution in [1.29, 1.82) is 0 Å². The summed E-state index contributed by atoms with van der Waals surface area (Å²) in [6.45, 7) is 3.66. The molecule has 1 unspecified atom stereocenters. The van der Waals surface area contributed by atoms with E-state index in [1.807, 2.05) is 49.4 Å². The van der Waals surface area contributed by atoms with Gasteiger partial charge in [-0.05, 0) is 37.6 Å². The summed E-state index contributed by atoms with van der Waals surface area (Å²) in [6, 6.07) is 12.0. The van der Waals surface area contributed by atoms with Crippen LogP contribution in [0.1, 0.15) is 19.5 Å². The fraction of sp³-hybridized carbons (Fsp3) is 0.214. The molecule has 1 atom stereocenters. The average molecular weight is 213 g/mol. The van der Waals surface area contributed by atoms with Crippen LogP contribution < -0.4 is 0 Å². The molecule has 0 spiro atoms. The zero-order chi connectivity index (χ0) is 11.5. The largest absolute Gasteiger partial charge is 0.389 e. The quantitative estimate of drug-likeness (QED) is 0.831. The molecule has 0 radical (unpaired) electrons. The molecule has 16 heavy (non-hydrogen) atoms. The lowest BCUT2D eigenvalue weighted by atomic mass is 10.1. The Balaban J connectivity index is 2.44. The minimum atomic E-state index is -0.423. The van der Waals surface area contributed by atoms with Crippen molar-refractivity contribution in [2.45, 2.75) is 20.0 Å². The first-order chi connectivity index (χ1) is 7.66. The molecule has 0 aliphatic carbocycles. The molecule has 0 fully saturated rings. The summed E-state index contributed by atoms with van der Waals surface area (Å²) in [6.07, 6.45) is 1.49. The van der Waals surface area contributed by atoms with Crippen molar-refractivity contribution in [2.24, 2.45) is 0 Å². The van der Waals surface area contributed by atoms with Crippen LogP contribution in [-0.4, -0.2) is 16.2 Å².